The lowest BCUT2D eigenvalue weighted by molar-refractivity contribution is 0.102. The van der Waals surface area contributed by atoms with Gasteiger partial charge in [-0.05, 0) is 48.9 Å². The van der Waals surface area contributed by atoms with Gasteiger partial charge in [-0.2, -0.15) is 0 Å². The van der Waals surface area contributed by atoms with Gasteiger partial charge in [-0.15, -0.1) is 0 Å². The lowest BCUT2D eigenvalue weighted by Crippen LogP contribution is -2.13. The molecule has 0 radical (unpaired) electrons. The van der Waals surface area contributed by atoms with Crippen LogP contribution in [0.25, 0.3) is 0 Å². The van der Waals surface area contributed by atoms with E-state index in [1.165, 1.54) is 0 Å². The molecule has 0 fully saturated rings. The molecule has 0 bridgehead atoms. The standard InChI is InChI=1S/C20H21NO3/c1-4-13-23-19-8-6-5-7-18(19)21-20(22)16-9-11-17(12-10-16)24-14-15(2)3/h4-12H,1-2,13-14H2,3H3,(H,21,22). The first-order valence-corrected chi connectivity index (χ1v) is 7.61. The topological polar surface area (TPSA) is 47.6 Å². The second kappa shape index (κ2) is 8.58. The van der Waals surface area contributed by atoms with Crippen LogP contribution in [0.2, 0.25) is 0 Å². The van der Waals surface area contributed by atoms with E-state index in [-0.39, 0.29) is 5.91 Å². The van der Waals surface area contributed by atoms with Crippen LogP contribution < -0.4 is 14.8 Å². The fourth-order valence-electron chi connectivity index (χ4n) is 1.95. The van der Waals surface area contributed by atoms with Crippen LogP contribution in [0.1, 0.15) is 17.3 Å². The van der Waals surface area contributed by atoms with Gasteiger partial charge in [-0.1, -0.05) is 31.4 Å². The summed E-state index contributed by atoms with van der Waals surface area (Å²) in [6.45, 7) is 10.1. The van der Waals surface area contributed by atoms with Gasteiger partial charge in [-0.25, -0.2) is 0 Å². The van der Waals surface area contributed by atoms with Crippen LogP contribution in [0.5, 0.6) is 11.5 Å². The average Bonchev–Trinajstić information content (AvgIpc) is 2.59. The average molecular weight is 323 g/mol. The molecule has 1 amide bonds. The molecule has 0 aromatic heterocycles. The number of benzene rings is 2. The molecule has 0 saturated heterocycles. The van der Waals surface area contributed by atoms with Crippen molar-refractivity contribution in [3.63, 3.8) is 0 Å². The van der Waals surface area contributed by atoms with Crippen LogP contribution in [0.3, 0.4) is 0 Å². The fourth-order valence-corrected chi connectivity index (χ4v) is 1.95. The maximum Gasteiger partial charge on any atom is 0.255 e. The van der Waals surface area contributed by atoms with E-state index in [4.69, 9.17) is 9.47 Å². The molecule has 124 valence electrons. The summed E-state index contributed by atoms with van der Waals surface area (Å²) in [6.07, 6.45) is 1.66. The number of nitrogens with one attached hydrogen (secondary N) is 1. The van der Waals surface area contributed by atoms with Gasteiger partial charge in [0.25, 0.3) is 5.91 Å². The highest BCUT2D eigenvalue weighted by Crippen LogP contribution is 2.24. The van der Waals surface area contributed by atoms with E-state index in [1.54, 1.807) is 42.5 Å². The molecule has 0 unspecified atom stereocenters. The van der Waals surface area contributed by atoms with Crippen molar-refractivity contribution < 1.29 is 14.3 Å². The van der Waals surface area contributed by atoms with Crippen molar-refractivity contribution in [2.75, 3.05) is 18.5 Å². The van der Waals surface area contributed by atoms with E-state index in [0.717, 1.165) is 5.57 Å². The minimum absolute atomic E-state index is 0.212. The Morgan fingerprint density at radius 2 is 1.83 bits per heavy atom. The minimum Gasteiger partial charge on any atom is -0.489 e. The van der Waals surface area contributed by atoms with E-state index in [1.807, 2.05) is 19.1 Å². The molecule has 2 rings (SSSR count). The first-order chi connectivity index (χ1) is 11.6. The molecule has 0 aliphatic carbocycles. The normalized spacial score (nSPS) is 9.88. The number of anilines is 1. The van der Waals surface area contributed by atoms with Gasteiger partial charge in [0.2, 0.25) is 0 Å². The molecule has 4 nitrogen and oxygen atoms in total. The molecular weight excluding hydrogens is 302 g/mol. The van der Waals surface area contributed by atoms with Crippen molar-refractivity contribution in [2.45, 2.75) is 6.92 Å². The van der Waals surface area contributed by atoms with E-state index >= 15 is 0 Å². The second-order valence-corrected chi connectivity index (χ2v) is 5.32. The lowest BCUT2D eigenvalue weighted by Gasteiger charge is -2.12. The number of carbonyl (C=O) groups excluding carboxylic acids is 1. The summed E-state index contributed by atoms with van der Waals surface area (Å²) in [7, 11) is 0. The maximum absolute atomic E-state index is 12.4. The van der Waals surface area contributed by atoms with Gasteiger partial charge in [-0.3, -0.25) is 4.79 Å². The largest absolute Gasteiger partial charge is 0.489 e. The number of amides is 1. The number of hydrogen-bond acceptors (Lipinski definition) is 3. The molecule has 0 aliphatic rings. The number of carbonyl (C=O) groups is 1. The van der Waals surface area contributed by atoms with Gasteiger partial charge >= 0.3 is 0 Å². The molecule has 0 heterocycles. The highest BCUT2D eigenvalue weighted by atomic mass is 16.5. The van der Waals surface area contributed by atoms with Crippen LogP contribution in [0, 0.1) is 0 Å². The summed E-state index contributed by atoms with van der Waals surface area (Å²) in [5.41, 5.74) is 2.09. The summed E-state index contributed by atoms with van der Waals surface area (Å²) in [5.74, 6) is 1.09. The van der Waals surface area contributed by atoms with Gasteiger partial charge in [0, 0.05) is 5.56 Å². The maximum atomic E-state index is 12.4. The Morgan fingerprint density at radius 1 is 1.12 bits per heavy atom. The molecule has 1 N–H and O–H groups in total. The number of ether oxygens (including phenoxy) is 2. The Labute approximate surface area is 142 Å². The molecule has 4 heteroatoms. The third kappa shape index (κ3) is 5.02. The second-order valence-electron chi connectivity index (χ2n) is 5.32. The highest BCUT2D eigenvalue weighted by Gasteiger charge is 2.09. The summed E-state index contributed by atoms with van der Waals surface area (Å²) in [4.78, 5) is 12.4. The summed E-state index contributed by atoms with van der Waals surface area (Å²) >= 11 is 0. The summed E-state index contributed by atoms with van der Waals surface area (Å²) < 4.78 is 11.1. The predicted molar refractivity (Wildman–Crippen MR) is 96.8 cm³/mol. The monoisotopic (exact) mass is 323 g/mol. The molecule has 0 aliphatic heterocycles. The van der Waals surface area contributed by atoms with Crippen molar-refractivity contribution >= 4 is 11.6 Å². The Balaban J connectivity index is 2.04. The quantitative estimate of drug-likeness (QED) is 0.730. The number of para-hydroxylation sites is 2. The summed E-state index contributed by atoms with van der Waals surface area (Å²) in [6, 6.07) is 14.2. The smallest absolute Gasteiger partial charge is 0.255 e. The minimum atomic E-state index is -0.212. The van der Waals surface area contributed by atoms with Crippen LogP contribution in [0.15, 0.2) is 73.3 Å². The van der Waals surface area contributed by atoms with Crippen molar-refractivity contribution in [1.29, 1.82) is 0 Å². The van der Waals surface area contributed by atoms with Crippen molar-refractivity contribution in [3.8, 4) is 11.5 Å². The van der Waals surface area contributed by atoms with E-state index in [9.17, 15) is 4.79 Å². The fraction of sp³-hybridized carbons (Fsp3) is 0.150. The third-order valence-electron chi connectivity index (χ3n) is 3.09. The zero-order chi connectivity index (χ0) is 17.4. The number of hydrogen-bond donors (Lipinski definition) is 1. The van der Waals surface area contributed by atoms with Gasteiger partial charge in [0.1, 0.15) is 24.7 Å². The Hall–Kier alpha value is -3.01. The molecule has 24 heavy (non-hydrogen) atoms. The van der Waals surface area contributed by atoms with E-state index in [2.05, 4.69) is 18.5 Å². The first-order valence-electron chi connectivity index (χ1n) is 7.61. The Bertz CT molecular complexity index is 720. The van der Waals surface area contributed by atoms with Gasteiger partial charge in [0.15, 0.2) is 0 Å². The lowest BCUT2D eigenvalue weighted by atomic mass is 10.2. The van der Waals surface area contributed by atoms with Crippen molar-refractivity contribution in [3.05, 3.63) is 78.9 Å². The first kappa shape index (κ1) is 17.3. The van der Waals surface area contributed by atoms with Crippen LogP contribution >= 0.6 is 0 Å². The Kier molecular flexibility index (Phi) is 6.20. The van der Waals surface area contributed by atoms with Gasteiger partial charge in [0.05, 0.1) is 5.69 Å². The van der Waals surface area contributed by atoms with Crippen molar-refractivity contribution in [2.24, 2.45) is 0 Å². The zero-order valence-electron chi connectivity index (χ0n) is 13.7. The molecule has 0 saturated carbocycles. The Morgan fingerprint density at radius 3 is 2.50 bits per heavy atom. The molecular formula is C20H21NO3. The molecule has 2 aromatic rings. The van der Waals surface area contributed by atoms with Crippen LogP contribution in [-0.2, 0) is 0 Å². The predicted octanol–water partition coefficient (Wildman–Crippen LogP) is 4.46. The highest BCUT2D eigenvalue weighted by molar-refractivity contribution is 6.05. The third-order valence-corrected chi connectivity index (χ3v) is 3.09. The molecule has 0 spiro atoms. The van der Waals surface area contributed by atoms with E-state index < -0.39 is 0 Å². The molecule has 2 aromatic carbocycles. The van der Waals surface area contributed by atoms with Crippen molar-refractivity contribution in [1.82, 2.24) is 0 Å². The molecule has 0 atom stereocenters. The summed E-state index contributed by atoms with van der Waals surface area (Å²) in [5, 5.41) is 2.85. The zero-order valence-corrected chi connectivity index (χ0v) is 13.7. The SMILES string of the molecule is C=CCOc1ccccc1NC(=O)c1ccc(OCC(=C)C)cc1. The number of rotatable bonds is 8. The van der Waals surface area contributed by atoms with Gasteiger partial charge < -0.3 is 14.8 Å². The van der Waals surface area contributed by atoms with Crippen LogP contribution in [-0.4, -0.2) is 19.1 Å². The van der Waals surface area contributed by atoms with E-state index in [0.29, 0.717) is 36.0 Å². The van der Waals surface area contributed by atoms with Crippen LogP contribution in [0.4, 0.5) is 5.69 Å².